The summed E-state index contributed by atoms with van der Waals surface area (Å²) in [4.78, 5) is 11.3. The lowest BCUT2D eigenvalue weighted by Crippen LogP contribution is -2.33. The van der Waals surface area contributed by atoms with E-state index in [1.54, 1.807) is 24.5 Å². The quantitative estimate of drug-likeness (QED) is 0.849. The highest BCUT2D eigenvalue weighted by molar-refractivity contribution is 7.90. The van der Waals surface area contributed by atoms with Gasteiger partial charge in [-0.15, -0.1) is 0 Å². The van der Waals surface area contributed by atoms with E-state index in [1.165, 1.54) is 38.4 Å². The van der Waals surface area contributed by atoms with Gasteiger partial charge in [0.05, 0.1) is 10.4 Å². The summed E-state index contributed by atoms with van der Waals surface area (Å²) in [6.07, 6.45) is 11.5. The number of hydrogen-bond acceptors (Lipinski definition) is 5. The van der Waals surface area contributed by atoms with Crippen LogP contribution in [0.2, 0.25) is 0 Å². The van der Waals surface area contributed by atoms with Gasteiger partial charge in [0.25, 0.3) is 0 Å². The van der Waals surface area contributed by atoms with Crippen LogP contribution >= 0.6 is 0 Å². The van der Waals surface area contributed by atoms with Crippen molar-refractivity contribution in [1.29, 1.82) is 0 Å². The maximum atomic E-state index is 11.9. The van der Waals surface area contributed by atoms with Gasteiger partial charge < -0.3 is 4.90 Å². The number of hydrogen-bond donors (Lipinski definition) is 0. The van der Waals surface area contributed by atoms with Crippen LogP contribution in [0.4, 0.5) is 5.82 Å². The summed E-state index contributed by atoms with van der Waals surface area (Å²) in [5.74, 6) is 0.830. The SMILES string of the molecule is CN(c1ncnc2ccc(S(C)(=O)=O)cc12)C1CCCCCCC1. The van der Waals surface area contributed by atoms with Crippen molar-refractivity contribution in [2.75, 3.05) is 18.2 Å². The first-order chi connectivity index (χ1) is 11.5. The lowest BCUT2D eigenvalue weighted by Gasteiger charge is -2.31. The van der Waals surface area contributed by atoms with Crippen LogP contribution in [0, 0.1) is 0 Å². The Labute approximate surface area is 144 Å². The molecule has 0 N–H and O–H groups in total. The molecule has 1 heterocycles. The molecule has 1 aromatic heterocycles. The molecule has 0 radical (unpaired) electrons. The predicted molar refractivity (Wildman–Crippen MR) is 97.2 cm³/mol. The van der Waals surface area contributed by atoms with Crippen molar-refractivity contribution in [2.45, 2.75) is 55.9 Å². The van der Waals surface area contributed by atoms with Crippen molar-refractivity contribution < 1.29 is 8.42 Å². The van der Waals surface area contributed by atoms with Gasteiger partial charge in [-0.1, -0.05) is 32.1 Å². The molecule has 130 valence electrons. The fourth-order valence-electron chi connectivity index (χ4n) is 3.53. The molecule has 0 saturated heterocycles. The number of aromatic nitrogens is 2. The van der Waals surface area contributed by atoms with Crippen molar-refractivity contribution >= 4 is 26.6 Å². The van der Waals surface area contributed by atoms with Gasteiger partial charge in [0.1, 0.15) is 12.1 Å². The van der Waals surface area contributed by atoms with Crippen molar-refractivity contribution in [3.63, 3.8) is 0 Å². The second-order valence-corrected chi connectivity index (χ2v) is 8.77. The van der Waals surface area contributed by atoms with Gasteiger partial charge >= 0.3 is 0 Å². The molecule has 1 aliphatic carbocycles. The molecule has 1 fully saturated rings. The minimum atomic E-state index is -3.25. The van der Waals surface area contributed by atoms with E-state index in [4.69, 9.17) is 0 Å². The largest absolute Gasteiger partial charge is 0.356 e. The fourth-order valence-corrected chi connectivity index (χ4v) is 4.18. The van der Waals surface area contributed by atoms with E-state index in [0.29, 0.717) is 10.9 Å². The second-order valence-electron chi connectivity index (χ2n) is 6.76. The highest BCUT2D eigenvalue weighted by Gasteiger charge is 2.20. The molecule has 24 heavy (non-hydrogen) atoms. The Morgan fingerprint density at radius 2 is 1.71 bits per heavy atom. The van der Waals surface area contributed by atoms with Crippen LogP contribution in [0.1, 0.15) is 44.9 Å². The van der Waals surface area contributed by atoms with Crippen LogP contribution < -0.4 is 4.90 Å². The highest BCUT2D eigenvalue weighted by Crippen LogP contribution is 2.29. The third kappa shape index (κ3) is 3.69. The van der Waals surface area contributed by atoms with E-state index >= 15 is 0 Å². The molecular weight excluding hydrogens is 322 g/mol. The fraction of sp³-hybridized carbons (Fsp3) is 0.556. The second kappa shape index (κ2) is 7.05. The maximum Gasteiger partial charge on any atom is 0.175 e. The molecule has 1 saturated carbocycles. The number of anilines is 1. The first-order valence-electron chi connectivity index (χ1n) is 8.64. The Morgan fingerprint density at radius 1 is 1.04 bits per heavy atom. The molecule has 0 unspecified atom stereocenters. The summed E-state index contributed by atoms with van der Waals surface area (Å²) in [5.41, 5.74) is 0.782. The molecule has 0 spiro atoms. The number of nitrogens with zero attached hydrogens (tertiary/aromatic N) is 3. The summed E-state index contributed by atoms with van der Waals surface area (Å²) >= 11 is 0. The topological polar surface area (TPSA) is 63.2 Å². The van der Waals surface area contributed by atoms with Crippen LogP contribution in [-0.2, 0) is 9.84 Å². The van der Waals surface area contributed by atoms with E-state index in [0.717, 1.165) is 29.6 Å². The van der Waals surface area contributed by atoms with Gasteiger partial charge in [0.15, 0.2) is 9.84 Å². The van der Waals surface area contributed by atoms with Crippen LogP contribution in [0.3, 0.4) is 0 Å². The van der Waals surface area contributed by atoms with Gasteiger partial charge in [0, 0.05) is 24.7 Å². The maximum absolute atomic E-state index is 11.9. The summed E-state index contributed by atoms with van der Waals surface area (Å²) < 4.78 is 23.8. The lowest BCUT2D eigenvalue weighted by molar-refractivity contribution is 0.440. The summed E-state index contributed by atoms with van der Waals surface area (Å²) in [5, 5.41) is 0.810. The Kier molecular flexibility index (Phi) is 5.04. The Bertz CT molecular complexity index is 812. The first-order valence-corrected chi connectivity index (χ1v) is 10.5. The lowest BCUT2D eigenvalue weighted by atomic mass is 9.95. The minimum Gasteiger partial charge on any atom is -0.356 e. The average molecular weight is 347 g/mol. The molecule has 1 aromatic carbocycles. The highest BCUT2D eigenvalue weighted by atomic mass is 32.2. The monoisotopic (exact) mass is 347 g/mol. The van der Waals surface area contributed by atoms with Crippen molar-refractivity contribution in [1.82, 2.24) is 9.97 Å². The van der Waals surface area contributed by atoms with Crippen molar-refractivity contribution in [3.8, 4) is 0 Å². The van der Waals surface area contributed by atoms with E-state index < -0.39 is 9.84 Å². The van der Waals surface area contributed by atoms with Gasteiger partial charge in [-0.05, 0) is 31.0 Å². The molecule has 3 rings (SSSR count). The molecule has 1 aliphatic rings. The van der Waals surface area contributed by atoms with Crippen LogP contribution in [-0.4, -0.2) is 37.7 Å². The molecule has 6 heteroatoms. The van der Waals surface area contributed by atoms with Gasteiger partial charge in [-0.3, -0.25) is 0 Å². The first kappa shape index (κ1) is 17.1. The normalized spacial score (nSPS) is 17.4. The number of rotatable bonds is 3. The Hall–Kier alpha value is -1.69. The molecule has 0 amide bonds. The standard InChI is InChI=1S/C18H25N3O2S/c1-21(14-8-6-4-3-5-7-9-14)18-16-12-15(24(2,22)23)10-11-17(16)19-13-20-18/h10-14H,3-9H2,1-2H3. The molecule has 5 nitrogen and oxygen atoms in total. The predicted octanol–water partition coefficient (Wildman–Crippen LogP) is 3.58. The van der Waals surface area contributed by atoms with Gasteiger partial charge in [-0.25, -0.2) is 18.4 Å². The molecule has 2 aromatic rings. The zero-order valence-electron chi connectivity index (χ0n) is 14.4. The van der Waals surface area contributed by atoms with Crippen LogP contribution in [0.15, 0.2) is 29.4 Å². The number of benzene rings is 1. The molecule has 0 bridgehead atoms. The van der Waals surface area contributed by atoms with Crippen LogP contribution in [0.5, 0.6) is 0 Å². The summed E-state index contributed by atoms with van der Waals surface area (Å²) in [7, 11) is -1.18. The van der Waals surface area contributed by atoms with Gasteiger partial charge in [-0.2, -0.15) is 0 Å². The number of sulfone groups is 1. The van der Waals surface area contributed by atoms with E-state index in [9.17, 15) is 8.42 Å². The molecule has 0 atom stereocenters. The summed E-state index contributed by atoms with van der Waals surface area (Å²) in [6.45, 7) is 0. The summed E-state index contributed by atoms with van der Waals surface area (Å²) in [6, 6.07) is 5.54. The molecule has 0 aliphatic heterocycles. The van der Waals surface area contributed by atoms with Crippen molar-refractivity contribution in [2.24, 2.45) is 0 Å². The van der Waals surface area contributed by atoms with E-state index in [1.807, 2.05) is 0 Å². The minimum absolute atomic E-state index is 0.317. The Balaban J connectivity index is 2.00. The third-order valence-corrected chi connectivity index (χ3v) is 6.08. The van der Waals surface area contributed by atoms with Gasteiger partial charge in [0.2, 0.25) is 0 Å². The van der Waals surface area contributed by atoms with Crippen molar-refractivity contribution in [3.05, 3.63) is 24.5 Å². The average Bonchev–Trinajstić information content (AvgIpc) is 2.52. The van der Waals surface area contributed by atoms with E-state index in [-0.39, 0.29) is 0 Å². The van der Waals surface area contributed by atoms with E-state index in [2.05, 4.69) is 21.9 Å². The smallest absolute Gasteiger partial charge is 0.175 e. The zero-order chi connectivity index (χ0) is 17.2. The van der Waals surface area contributed by atoms with Crippen LogP contribution in [0.25, 0.3) is 10.9 Å². The Morgan fingerprint density at radius 3 is 2.38 bits per heavy atom. The third-order valence-electron chi connectivity index (χ3n) is 4.97. The zero-order valence-corrected chi connectivity index (χ0v) is 15.2. The molecular formula is C18H25N3O2S. The number of fused-ring (bicyclic) bond motifs is 1.